The van der Waals surface area contributed by atoms with Crippen LogP contribution in [0.4, 0.5) is 0 Å². The van der Waals surface area contributed by atoms with Crippen LogP contribution in [0.3, 0.4) is 0 Å². The highest BCUT2D eigenvalue weighted by molar-refractivity contribution is 5.15. The van der Waals surface area contributed by atoms with Crippen LogP contribution >= 0.6 is 0 Å². The molecule has 1 unspecified atom stereocenters. The monoisotopic (exact) mass is 245 g/mol. The van der Waals surface area contributed by atoms with Crippen LogP contribution in [-0.4, -0.2) is 13.1 Å². The molecule has 1 N–H and O–H groups in total. The predicted octanol–water partition coefficient (Wildman–Crippen LogP) is 4.04. The Bertz CT molecular complexity index is 314. The van der Waals surface area contributed by atoms with Crippen molar-refractivity contribution in [3.8, 4) is 0 Å². The maximum absolute atomic E-state index is 3.57. The van der Waals surface area contributed by atoms with E-state index in [1.54, 1.807) is 0 Å². The molecule has 1 nitrogen and oxygen atoms in total. The molecular weight excluding hydrogens is 218 g/mol. The predicted molar refractivity (Wildman–Crippen MR) is 78.8 cm³/mol. The van der Waals surface area contributed by atoms with Gasteiger partial charge in [0, 0.05) is 0 Å². The largest absolute Gasteiger partial charge is 0.317 e. The molecule has 0 bridgehead atoms. The average Bonchev–Trinajstić information content (AvgIpc) is 2.45. The molecule has 18 heavy (non-hydrogen) atoms. The summed E-state index contributed by atoms with van der Waals surface area (Å²) >= 11 is 0. The number of hydrogen-bond acceptors (Lipinski definition) is 1. The summed E-state index contributed by atoms with van der Waals surface area (Å²) in [5.74, 6) is 1.77. The van der Waals surface area contributed by atoms with Crippen molar-refractivity contribution >= 4 is 0 Å². The lowest BCUT2D eigenvalue weighted by Crippen LogP contribution is -2.31. The van der Waals surface area contributed by atoms with Crippen molar-refractivity contribution in [3.63, 3.8) is 0 Å². The second kappa shape index (κ2) is 7.58. The van der Waals surface area contributed by atoms with Gasteiger partial charge in [0.05, 0.1) is 0 Å². The van der Waals surface area contributed by atoms with Crippen molar-refractivity contribution < 1.29 is 0 Å². The van der Waals surface area contributed by atoms with E-state index in [2.05, 4.69) is 42.6 Å². The molecule has 0 aromatic heterocycles. The van der Waals surface area contributed by atoms with Crippen molar-refractivity contribution in [1.29, 1.82) is 0 Å². The third-order valence-electron chi connectivity index (χ3n) is 4.31. The van der Waals surface area contributed by atoms with Gasteiger partial charge in [0.15, 0.2) is 0 Å². The van der Waals surface area contributed by atoms with Gasteiger partial charge in [-0.1, -0.05) is 69.4 Å². The molecule has 1 saturated carbocycles. The minimum Gasteiger partial charge on any atom is -0.317 e. The van der Waals surface area contributed by atoms with Gasteiger partial charge in [-0.3, -0.25) is 0 Å². The Labute approximate surface area is 112 Å². The van der Waals surface area contributed by atoms with E-state index in [0.29, 0.717) is 0 Å². The molecule has 1 aromatic rings. The average molecular weight is 245 g/mol. The van der Waals surface area contributed by atoms with E-state index in [1.807, 2.05) is 0 Å². The Hall–Kier alpha value is -0.820. The lowest BCUT2D eigenvalue weighted by molar-refractivity contribution is 0.240. The van der Waals surface area contributed by atoms with Gasteiger partial charge in [-0.2, -0.15) is 0 Å². The van der Waals surface area contributed by atoms with Crippen LogP contribution in [-0.2, 0) is 6.42 Å². The van der Waals surface area contributed by atoms with E-state index >= 15 is 0 Å². The summed E-state index contributed by atoms with van der Waals surface area (Å²) < 4.78 is 0. The lowest BCUT2D eigenvalue weighted by Gasteiger charge is -2.30. The summed E-state index contributed by atoms with van der Waals surface area (Å²) in [6, 6.07) is 11.0. The van der Waals surface area contributed by atoms with Gasteiger partial charge in [-0.25, -0.2) is 0 Å². The lowest BCUT2D eigenvalue weighted by atomic mass is 9.77. The molecule has 100 valence electrons. The minimum atomic E-state index is 0.827. The molecule has 2 rings (SSSR count). The molecule has 1 fully saturated rings. The van der Waals surface area contributed by atoms with E-state index in [0.717, 1.165) is 18.4 Å². The third kappa shape index (κ3) is 4.13. The number of benzene rings is 1. The first-order valence-corrected chi connectivity index (χ1v) is 7.64. The normalized spacial score (nSPS) is 18.7. The maximum atomic E-state index is 3.57. The van der Waals surface area contributed by atoms with E-state index in [4.69, 9.17) is 0 Å². The molecule has 1 atom stereocenters. The SMILES string of the molecule is CCNCC(Cc1ccccc1)C1CCCCC1. The van der Waals surface area contributed by atoms with Gasteiger partial charge in [0.25, 0.3) is 0 Å². The summed E-state index contributed by atoms with van der Waals surface area (Å²) in [6.45, 7) is 4.49. The number of rotatable bonds is 6. The van der Waals surface area contributed by atoms with Crippen LogP contribution in [0.1, 0.15) is 44.6 Å². The van der Waals surface area contributed by atoms with E-state index < -0.39 is 0 Å². The first-order valence-electron chi connectivity index (χ1n) is 7.64. The summed E-state index contributed by atoms with van der Waals surface area (Å²) in [7, 11) is 0. The van der Waals surface area contributed by atoms with Crippen LogP contribution in [0.5, 0.6) is 0 Å². The Kier molecular flexibility index (Phi) is 5.73. The second-order valence-corrected chi connectivity index (χ2v) is 5.66. The topological polar surface area (TPSA) is 12.0 Å². The fourth-order valence-corrected chi connectivity index (χ4v) is 3.26. The maximum Gasteiger partial charge on any atom is -0.00148 e. The first kappa shape index (κ1) is 13.6. The summed E-state index contributed by atoms with van der Waals surface area (Å²) in [5.41, 5.74) is 1.51. The van der Waals surface area contributed by atoms with E-state index in [1.165, 1.54) is 50.6 Å². The van der Waals surface area contributed by atoms with Crippen LogP contribution in [0.2, 0.25) is 0 Å². The van der Waals surface area contributed by atoms with E-state index in [-0.39, 0.29) is 0 Å². The van der Waals surface area contributed by atoms with Crippen LogP contribution in [0, 0.1) is 11.8 Å². The Morgan fingerprint density at radius 3 is 2.50 bits per heavy atom. The molecule has 1 aliphatic carbocycles. The molecule has 0 aliphatic heterocycles. The smallest absolute Gasteiger partial charge is 0.00148 e. The van der Waals surface area contributed by atoms with Gasteiger partial charge in [0.2, 0.25) is 0 Å². The Morgan fingerprint density at radius 2 is 1.83 bits per heavy atom. The van der Waals surface area contributed by atoms with Crippen molar-refractivity contribution in [3.05, 3.63) is 35.9 Å². The van der Waals surface area contributed by atoms with Crippen molar-refractivity contribution in [1.82, 2.24) is 5.32 Å². The zero-order valence-electron chi connectivity index (χ0n) is 11.7. The Morgan fingerprint density at radius 1 is 1.11 bits per heavy atom. The molecule has 0 spiro atoms. The Balaban J connectivity index is 1.95. The molecule has 1 aliphatic rings. The highest BCUT2D eigenvalue weighted by Gasteiger charge is 2.23. The summed E-state index contributed by atoms with van der Waals surface area (Å²) in [5, 5.41) is 3.57. The number of nitrogens with one attached hydrogen (secondary N) is 1. The van der Waals surface area contributed by atoms with E-state index in [9.17, 15) is 0 Å². The highest BCUT2D eigenvalue weighted by Crippen LogP contribution is 2.31. The van der Waals surface area contributed by atoms with Gasteiger partial charge >= 0.3 is 0 Å². The zero-order valence-corrected chi connectivity index (χ0v) is 11.7. The molecule has 0 amide bonds. The van der Waals surface area contributed by atoms with Gasteiger partial charge in [-0.05, 0) is 36.9 Å². The highest BCUT2D eigenvalue weighted by atomic mass is 14.8. The quantitative estimate of drug-likeness (QED) is 0.797. The third-order valence-corrected chi connectivity index (χ3v) is 4.31. The second-order valence-electron chi connectivity index (χ2n) is 5.66. The molecule has 0 saturated heterocycles. The molecule has 1 aromatic carbocycles. The van der Waals surface area contributed by atoms with Gasteiger partial charge in [-0.15, -0.1) is 0 Å². The van der Waals surface area contributed by atoms with Crippen LogP contribution in [0.25, 0.3) is 0 Å². The summed E-state index contributed by atoms with van der Waals surface area (Å²) in [6.07, 6.45) is 8.49. The molecular formula is C17H27N. The van der Waals surface area contributed by atoms with Crippen molar-refractivity contribution in [2.75, 3.05) is 13.1 Å². The molecule has 0 radical (unpaired) electrons. The summed E-state index contributed by atoms with van der Waals surface area (Å²) in [4.78, 5) is 0. The fraction of sp³-hybridized carbons (Fsp3) is 0.647. The van der Waals surface area contributed by atoms with Crippen LogP contribution in [0.15, 0.2) is 30.3 Å². The standard InChI is InChI=1S/C17H27N/c1-2-18-14-17(16-11-7-4-8-12-16)13-15-9-5-3-6-10-15/h3,5-6,9-10,16-18H,2,4,7-8,11-14H2,1H3. The molecule has 0 heterocycles. The zero-order chi connectivity index (χ0) is 12.6. The van der Waals surface area contributed by atoms with Crippen molar-refractivity contribution in [2.45, 2.75) is 45.4 Å². The fourth-order valence-electron chi connectivity index (χ4n) is 3.26. The minimum absolute atomic E-state index is 0.827. The van der Waals surface area contributed by atoms with Gasteiger partial charge in [0.1, 0.15) is 0 Å². The molecule has 1 heteroatoms. The van der Waals surface area contributed by atoms with Gasteiger partial charge < -0.3 is 5.32 Å². The van der Waals surface area contributed by atoms with Crippen molar-refractivity contribution in [2.24, 2.45) is 11.8 Å². The first-order chi connectivity index (χ1) is 8.90. The number of hydrogen-bond donors (Lipinski definition) is 1. The van der Waals surface area contributed by atoms with Crippen LogP contribution < -0.4 is 5.32 Å².